The first-order valence-corrected chi connectivity index (χ1v) is 11.9. The number of methoxy groups -OCH3 is 1. The summed E-state index contributed by atoms with van der Waals surface area (Å²) in [6.07, 6.45) is 1.34. The van der Waals surface area contributed by atoms with E-state index in [2.05, 4.69) is 4.72 Å². The van der Waals surface area contributed by atoms with E-state index >= 15 is 0 Å². The number of nitrogens with zero attached hydrogens (tertiary/aromatic N) is 1. The number of carbonyl (C=O) groups excluding carboxylic acids is 2. The summed E-state index contributed by atoms with van der Waals surface area (Å²) in [5.74, 6) is -1.53. The second-order valence-corrected chi connectivity index (χ2v) is 9.31. The van der Waals surface area contributed by atoms with Crippen LogP contribution in [0.5, 0.6) is 0 Å². The molecule has 0 atom stereocenters. The zero-order chi connectivity index (χ0) is 25.2. The van der Waals surface area contributed by atoms with Gasteiger partial charge in [0.2, 0.25) is 10.0 Å². The molecule has 0 aliphatic carbocycles. The van der Waals surface area contributed by atoms with E-state index in [4.69, 9.17) is 9.15 Å². The first kappa shape index (κ1) is 24.1. The van der Waals surface area contributed by atoms with Crippen LogP contribution in [0.3, 0.4) is 0 Å². The van der Waals surface area contributed by atoms with Gasteiger partial charge in [0.15, 0.2) is 0 Å². The van der Waals surface area contributed by atoms with Crippen LogP contribution in [0.2, 0.25) is 0 Å². The van der Waals surface area contributed by atoms with Crippen molar-refractivity contribution in [1.29, 1.82) is 0 Å². The number of esters is 1. The number of ether oxygens (including phenoxy) is 1. The molecule has 35 heavy (non-hydrogen) atoms. The van der Waals surface area contributed by atoms with E-state index in [0.29, 0.717) is 0 Å². The number of hydrogen-bond acceptors (Lipinski definition) is 6. The van der Waals surface area contributed by atoms with Crippen molar-refractivity contribution in [1.82, 2.24) is 4.72 Å². The van der Waals surface area contributed by atoms with Gasteiger partial charge in [0, 0.05) is 5.70 Å². The topological polar surface area (TPSA) is 106 Å². The number of hydrogen-bond donors (Lipinski definition) is 1. The zero-order valence-electron chi connectivity index (χ0n) is 18.8. The zero-order valence-corrected chi connectivity index (χ0v) is 19.6. The van der Waals surface area contributed by atoms with E-state index < -0.39 is 27.7 Å². The maximum atomic E-state index is 14.4. The molecule has 180 valence electrons. The van der Waals surface area contributed by atoms with Gasteiger partial charge in [0.05, 0.1) is 35.4 Å². The lowest BCUT2D eigenvalue weighted by atomic mass is 10.1. The number of para-hydroxylation sites is 1. The standard InChI is InChI=1S/C25H21FN2O6S/c1-16-23(25(30)33-2)20(24(29)28(16)22-11-7-6-10-21(22)26)14-17-12-13-18(34-17)15-27-35(31,32)19-8-4-3-5-9-19/h3-14,27H,15H2,1-2H3. The molecule has 0 saturated heterocycles. The maximum Gasteiger partial charge on any atom is 0.340 e. The van der Waals surface area contributed by atoms with Crippen LogP contribution in [0.1, 0.15) is 18.4 Å². The van der Waals surface area contributed by atoms with Crippen molar-refractivity contribution >= 4 is 33.7 Å². The van der Waals surface area contributed by atoms with Gasteiger partial charge in [-0.2, -0.15) is 0 Å². The van der Waals surface area contributed by atoms with Gasteiger partial charge < -0.3 is 9.15 Å². The van der Waals surface area contributed by atoms with Crippen molar-refractivity contribution in [2.24, 2.45) is 0 Å². The first-order valence-electron chi connectivity index (χ1n) is 10.5. The van der Waals surface area contributed by atoms with Crippen molar-refractivity contribution in [2.75, 3.05) is 12.0 Å². The molecule has 0 bridgehead atoms. The molecular weight excluding hydrogens is 475 g/mol. The third-order valence-electron chi connectivity index (χ3n) is 5.34. The Morgan fingerprint density at radius 1 is 1.09 bits per heavy atom. The van der Waals surface area contributed by atoms with Crippen molar-refractivity contribution < 1.29 is 31.6 Å². The number of allylic oxidation sites excluding steroid dienone is 1. The molecule has 1 amide bonds. The van der Waals surface area contributed by atoms with E-state index in [0.717, 1.165) is 4.90 Å². The van der Waals surface area contributed by atoms with Gasteiger partial charge in [-0.05, 0) is 49.4 Å². The second-order valence-electron chi connectivity index (χ2n) is 7.54. The van der Waals surface area contributed by atoms with Crippen LogP contribution >= 0.6 is 0 Å². The Kier molecular flexibility index (Phi) is 6.68. The summed E-state index contributed by atoms with van der Waals surface area (Å²) >= 11 is 0. The Morgan fingerprint density at radius 3 is 2.46 bits per heavy atom. The van der Waals surface area contributed by atoms with E-state index in [-0.39, 0.29) is 45.5 Å². The molecule has 1 aliphatic heterocycles. The molecule has 0 fully saturated rings. The van der Waals surface area contributed by atoms with Crippen LogP contribution in [0.25, 0.3) is 6.08 Å². The SMILES string of the molecule is COC(=O)C1=C(C)N(c2ccccc2F)C(=O)C1=Cc1ccc(CNS(=O)(=O)c2ccccc2)o1. The minimum atomic E-state index is -3.74. The molecule has 1 aromatic heterocycles. The summed E-state index contributed by atoms with van der Waals surface area (Å²) in [5.41, 5.74) is 0.141. The van der Waals surface area contributed by atoms with Crippen LogP contribution in [-0.4, -0.2) is 27.4 Å². The molecule has 0 spiro atoms. The average Bonchev–Trinajstić information content (AvgIpc) is 3.40. The quantitative estimate of drug-likeness (QED) is 0.394. The van der Waals surface area contributed by atoms with Gasteiger partial charge in [-0.25, -0.2) is 22.3 Å². The molecule has 4 rings (SSSR count). The lowest BCUT2D eigenvalue weighted by molar-refractivity contribution is -0.136. The number of halogens is 1. The monoisotopic (exact) mass is 496 g/mol. The predicted molar refractivity (Wildman–Crippen MR) is 126 cm³/mol. The summed E-state index contributed by atoms with van der Waals surface area (Å²) < 4.78 is 52.2. The summed E-state index contributed by atoms with van der Waals surface area (Å²) in [6.45, 7) is 1.39. The normalized spacial score (nSPS) is 15.2. The van der Waals surface area contributed by atoms with Gasteiger partial charge in [-0.1, -0.05) is 30.3 Å². The second kappa shape index (κ2) is 9.69. The Labute approximate surface area is 201 Å². The molecule has 10 heteroatoms. The highest BCUT2D eigenvalue weighted by Crippen LogP contribution is 2.36. The number of carbonyl (C=O) groups is 2. The minimum Gasteiger partial charge on any atom is -0.465 e. The Balaban J connectivity index is 1.62. The molecule has 1 N–H and O–H groups in total. The number of nitrogens with one attached hydrogen (secondary N) is 1. The van der Waals surface area contributed by atoms with E-state index in [9.17, 15) is 22.4 Å². The molecule has 0 radical (unpaired) electrons. The van der Waals surface area contributed by atoms with Crippen molar-refractivity contribution in [2.45, 2.75) is 18.4 Å². The summed E-state index contributed by atoms with van der Waals surface area (Å²) in [6, 6.07) is 16.7. The Bertz CT molecular complexity index is 1460. The van der Waals surface area contributed by atoms with Crippen LogP contribution < -0.4 is 9.62 Å². The van der Waals surface area contributed by atoms with Crippen molar-refractivity contribution in [3.8, 4) is 0 Å². The van der Waals surface area contributed by atoms with E-state index in [1.165, 1.54) is 56.5 Å². The summed E-state index contributed by atoms with van der Waals surface area (Å²) in [7, 11) is -2.56. The number of furan rings is 1. The summed E-state index contributed by atoms with van der Waals surface area (Å²) in [5, 5.41) is 0. The Morgan fingerprint density at radius 2 is 1.77 bits per heavy atom. The number of rotatable bonds is 7. The maximum absolute atomic E-state index is 14.4. The molecule has 2 aromatic carbocycles. The molecule has 2 heterocycles. The highest BCUT2D eigenvalue weighted by molar-refractivity contribution is 7.89. The van der Waals surface area contributed by atoms with Crippen LogP contribution in [-0.2, 0) is 30.9 Å². The smallest absolute Gasteiger partial charge is 0.340 e. The van der Waals surface area contributed by atoms with Crippen LogP contribution in [0, 0.1) is 5.82 Å². The van der Waals surface area contributed by atoms with Gasteiger partial charge >= 0.3 is 5.97 Å². The molecule has 3 aromatic rings. The largest absolute Gasteiger partial charge is 0.465 e. The van der Waals surface area contributed by atoms with Gasteiger partial charge in [0.25, 0.3) is 5.91 Å². The fraction of sp³-hybridized carbons (Fsp3) is 0.120. The van der Waals surface area contributed by atoms with Crippen LogP contribution in [0.4, 0.5) is 10.1 Å². The first-order chi connectivity index (χ1) is 16.7. The predicted octanol–water partition coefficient (Wildman–Crippen LogP) is 3.77. The van der Waals surface area contributed by atoms with E-state index in [1.54, 1.807) is 30.3 Å². The van der Waals surface area contributed by atoms with Crippen molar-refractivity contribution in [3.63, 3.8) is 0 Å². The Hall–Kier alpha value is -4.02. The lowest BCUT2D eigenvalue weighted by Gasteiger charge is -2.18. The molecule has 1 aliphatic rings. The number of sulfonamides is 1. The van der Waals surface area contributed by atoms with Crippen LogP contribution in [0.15, 0.2) is 92.9 Å². The molecular formula is C25H21FN2O6S. The molecule has 8 nitrogen and oxygen atoms in total. The van der Waals surface area contributed by atoms with Gasteiger partial charge in [-0.15, -0.1) is 0 Å². The fourth-order valence-corrected chi connectivity index (χ4v) is 4.68. The number of anilines is 1. The third-order valence-corrected chi connectivity index (χ3v) is 6.76. The minimum absolute atomic E-state index is 0.00439. The van der Waals surface area contributed by atoms with Crippen molar-refractivity contribution in [3.05, 3.63) is 101 Å². The average molecular weight is 497 g/mol. The molecule has 0 unspecified atom stereocenters. The highest BCUT2D eigenvalue weighted by atomic mass is 32.2. The van der Waals surface area contributed by atoms with E-state index in [1.807, 2.05) is 0 Å². The third kappa shape index (κ3) is 4.79. The lowest BCUT2D eigenvalue weighted by Crippen LogP contribution is -2.25. The van der Waals surface area contributed by atoms with Gasteiger partial charge in [0.1, 0.15) is 17.3 Å². The molecule has 0 saturated carbocycles. The number of benzene rings is 2. The van der Waals surface area contributed by atoms with Gasteiger partial charge in [-0.3, -0.25) is 9.69 Å². The highest BCUT2D eigenvalue weighted by Gasteiger charge is 2.39. The fourth-order valence-electron chi connectivity index (χ4n) is 3.66. The number of amides is 1. The summed E-state index contributed by atoms with van der Waals surface area (Å²) in [4.78, 5) is 26.9.